The quantitative estimate of drug-likeness (QED) is 0.391. The van der Waals surface area contributed by atoms with Crippen molar-refractivity contribution in [3.8, 4) is 11.5 Å². The first-order valence-corrected chi connectivity index (χ1v) is 8.31. The number of ether oxygens (including phenoxy) is 2. The van der Waals surface area contributed by atoms with Gasteiger partial charge in [0.1, 0.15) is 16.8 Å². The molecular weight excluding hydrogens is 326 g/mol. The Kier molecular flexibility index (Phi) is 4.01. The summed E-state index contributed by atoms with van der Waals surface area (Å²) in [5.41, 5.74) is 1.92. The lowest BCUT2D eigenvalue weighted by Gasteiger charge is -2.11. The monoisotopic (exact) mass is 343 g/mol. The second kappa shape index (κ2) is 6.48. The van der Waals surface area contributed by atoms with E-state index in [-0.39, 0.29) is 0 Å². The number of esters is 1. The Morgan fingerprint density at radius 1 is 0.846 bits per heavy atom. The summed E-state index contributed by atoms with van der Waals surface area (Å²) in [6, 6.07) is 20.9. The molecule has 0 saturated carbocycles. The van der Waals surface area contributed by atoms with Gasteiger partial charge in [0.25, 0.3) is 0 Å². The zero-order chi connectivity index (χ0) is 18.1. The lowest BCUT2D eigenvalue weighted by molar-refractivity contribution is 0.0733. The number of benzene rings is 3. The molecule has 0 aliphatic carbocycles. The largest absolute Gasteiger partial charge is 0.496 e. The van der Waals surface area contributed by atoms with Crippen molar-refractivity contribution in [2.24, 2.45) is 0 Å². The van der Waals surface area contributed by atoms with E-state index in [1.165, 1.54) is 0 Å². The van der Waals surface area contributed by atoms with Crippen LogP contribution in [0.5, 0.6) is 11.5 Å². The summed E-state index contributed by atoms with van der Waals surface area (Å²) in [5.74, 6) is 0.452. The van der Waals surface area contributed by atoms with Crippen molar-refractivity contribution < 1.29 is 14.3 Å². The smallest absolute Gasteiger partial charge is 0.347 e. The third kappa shape index (κ3) is 2.86. The minimum Gasteiger partial charge on any atom is -0.496 e. The molecule has 0 spiro atoms. The predicted octanol–water partition coefficient (Wildman–Crippen LogP) is 4.92. The van der Waals surface area contributed by atoms with E-state index in [1.54, 1.807) is 19.2 Å². The molecule has 3 aromatic carbocycles. The second-order valence-electron chi connectivity index (χ2n) is 6.07. The molecule has 0 aliphatic heterocycles. The van der Waals surface area contributed by atoms with E-state index in [0.717, 1.165) is 21.9 Å². The van der Waals surface area contributed by atoms with Crippen LogP contribution >= 0.6 is 0 Å². The number of hydrogen-bond acceptors (Lipinski definition) is 4. The van der Waals surface area contributed by atoms with Crippen LogP contribution in [0, 0.1) is 6.92 Å². The Bertz CT molecular complexity index is 1130. The second-order valence-corrected chi connectivity index (χ2v) is 6.07. The molecule has 1 aromatic heterocycles. The Labute approximate surface area is 151 Å². The standard InChI is InChI=1S/C22H17NO3/c1-14-10-11-15-8-5-9-19(21(15)23-14)26-22(24)18-12-16-6-3-4-7-17(16)13-20(18)25-2/h3-13H,1-2H3. The molecule has 0 atom stereocenters. The molecule has 0 bridgehead atoms. The SMILES string of the molecule is COc1cc2ccccc2cc1C(=O)Oc1cccc2ccc(C)nc12. The molecule has 1 heterocycles. The van der Waals surface area contributed by atoms with Gasteiger partial charge in [-0.1, -0.05) is 42.5 Å². The molecule has 4 heteroatoms. The van der Waals surface area contributed by atoms with Crippen molar-refractivity contribution in [1.29, 1.82) is 0 Å². The van der Waals surface area contributed by atoms with Gasteiger partial charge in [-0.2, -0.15) is 0 Å². The van der Waals surface area contributed by atoms with E-state index < -0.39 is 5.97 Å². The van der Waals surface area contributed by atoms with Crippen LogP contribution in [-0.2, 0) is 0 Å². The number of methoxy groups -OCH3 is 1. The van der Waals surface area contributed by atoms with E-state index >= 15 is 0 Å². The fourth-order valence-electron chi connectivity index (χ4n) is 3.00. The maximum Gasteiger partial charge on any atom is 0.347 e. The number of carbonyl (C=O) groups is 1. The summed E-state index contributed by atoms with van der Waals surface area (Å²) in [7, 11) is 1.55. The molecule has 0 unspecified atom stereocenters. The predicted molar refractivity (Wildman–Crippen MR) is 102 cm³/mol. The van der Waals surface area contributed by atoms with Gasteiger partial charge in [0.05, 0.1) is 7.11 Å². The Balaban J connectivity index is 1.77. The Hall–Kier alpha value is -3.40. The van der Waals surface area contributed by atoms with Crippen molar-refractivity contribution in [3.63, 3.8) is 0 Å². The lowest BCUT2D eigenvalue weighted by Crippen LogP contribution is -2.11. The first-order valence-electron chi connectivity index (χ1n) is 8.31. The average molecular weight is 343 g/mol. The van der Waals surface area contributed by atoms with Crippen molar-refractivity contribution in [1.82, 2.24) is 4.98 Å². The van der Waals surface area contributed by atoms with Gasteiger partial charge >= 0.3 is 5.97 Å². The Morgan fingerprint density at radius 3 is 2.35 bits per heavy atom. The number of fused-ring (bicyclic) bond motifs is 2. The zero-order valence-electron chi connectivity index (χ0n) is 14.5. The summed E-state index contributed by atoms with van der Waals surface area (Å²) < 4.78 is 11.1. The van der Waals surface area contributed by atoms with Gasteiger partial charge < -0.3 is 9.47 Å². The highest BCUT2D eigenvalue weighted by atomic mass is 16.5. The van der Waals surface area contributed by atoms with Gasteiger partial charge in [-0.25, -0.2) is 9.78 Å². The number of nitrogens with zero attached hydrogens (tertiary/aromatic N) is 1. The van der Waals surface area contributed by atoms with Gasteiger partial charge in [0, 0.05) is 11.1 Å². The number of rotatable bonds is 3. The van der Waals surface area contributed by atoms with E-state index in [2.05, 4.69) is 4.98 Å². The van der Waals surface area contributed by atoms with Crippen LogP contribution in [0.15, 0.2) is 66.7 Å². The minimum atomic E-state index is -0.469. The highest BCUT2D eigenvalue weighted by Crippen LogP contribution is 2.29. The van der Waals surface area contributed by atoms with Crippen LogP contribution < -0.4 is 9.47 Å². The summed E-state index contributed by atoms with van der Waals surface area (Å²) in [5, 5.41) is 2.88. The van der Waals surface area contributed by atoms with E-state index in [9.17, 15) is 4.79 Å². The molecule has 0 N–H and O–H groups in total. The highest BCUT2D eigenvalue weighted by Gasteiger charge is 2.17. The number of para-hydroxylation sites is 1. The van der Waals surface area contributed by atoms with Gasteiger partial charge in [-0.05, 0) is 42.0 Å². The summed E-state index contributed by atoms with van der Waals surface area (Å²) in [4.78, 5) is 17.3. The van der Waals surface area contributed by atoms with Gasteiger partial charge in [-0.15, -0.1) is 0 Å². The summed E-state index contributed by atoms with van der Waals surface area (Å²) in [6.45, 7) is 1.91. The van der Waals surface area contributed by atoms with Crippen molar-refractivity contribution in [2.45, 2.75) is 6.92 Å². The third-order valence-electron chi connectivity index (χ3n) is 4.31. The van der Waals surface area contributed by atoms with Crippen molar-refractivity contribution in [2.75, 3.05) is 7.11 Å². The zero-order valence-corrected chi connectivity index (χ0v) is 14.5. The lowest BCUT2D eigenvalue weighted by atomic mass is 10.1. The van der Waals surface area contributed by atoms with E-state index in [1.807, 2.05) is 61.5 Å². The summed E-state index contributed by atoms with van der Waals surface area (Å²) >= 11 is 0. The van der Waals surface area contributed by atoms with Crippen LogP contribution in [0.4, 0.5) is 0 Å². The van der Waals surface area contributed by atoms with Gasteiger partial charge in [0.15, 0.2) is 5.75 Å². The number of aryl methyl sites for hydroxylation is 1. The number of pyridine rings is 1. The topological polar surface area (TPSA) is 48.4 Å². The Morgan fingerprint density at radius 2 is 1.58 bits per heavy atom. The third-order valence-corrected chi connectivity index (χ3v) is 4.31. The normalized spacial score (nSPS) is 10.8. The van der Waals surface area contributed by atoms with Gasteiger partial charge in [-0.3, -0.25) is 0 Å². The van der Waals surface area contributed by atoms with Crippen LogP contribution in [-0.4, -0.2) is 18.1 Å². The van der Waals surface area contributed by atoms with Crippen molar-refractivity contribution in [3.05, 3.63) is 78.0 Å². The van der Waals surface area contributed by atoms with Gasteiger partial charge in [0.2, 0.25) is 0 Å². The highest BCUT2D eigenvalue weighted by molar-refractivity contribution is 6.00. The maximum atomic E-state index is 12.8. The van der Waals surface area contributed by atoms with E-state index in [4.69, 9.17) is 9.47 Å². The first kappa shape index (κ1) is 16.1. The fraction of sp³-hybridized carbons (Fsp3) is 0.0909. The molecule has 4 aromatic rings. The molecule has 26 heavy (non-hydrogen) atoms. The molecule has 0 radical (unpaired) electrons. The molecular formula is C22H17NO3. The van der Waals surface area contributed by atoms with Crippen LogP contribution in [0.25, 0.3) is 21.7 Å². The molecule has 4 nitrogen and oxygen atoms in total. The maximum absolute atomic E-state index is 12.8. The summed E-state index contributed by atoms with van der Waals surface area (Å²) in [6.07, 6.45) is 0. The van der Waals surface area contributed by atoms with Crippen LogP contribution in [0.3, 0.4) is 0 Å². The molecule has 0 amide bonds. The number of carbonyl (C=O) groups excluding carboxylic acids is 1. The molecule has 0 fully saturated rings. The molecule has 128 valence electrons. The average Bonchev–Trinajstić information content (AvgIpc) is 2.67. The van der Waals surface area contributed by atoms with Crippen LogP contribution in [0.1, 0.15) is 16.1 Å². The molecule has 0 saturated heterocycles. The molecule has 0 aliphatic rings. The fourth-order valence-corrected chi connectivity index (χ4v) is 3.00. The number of hydrogen-bond donors (Lipinski definition) is 0. The van der Waals surface area contributed by atoms with E-state index in [0.29, 0.717) is 22.6 Å². The minimum absolute atomic E-state index is 0.385. The molecule has 4 rings (SSSR count). The first-order chi connectivity index (χ1) is 12.7. The van der Waals surface area contributed by atoms with Crippen LogP contribution in [0.2, 0.25) is 0 Å². The van der Waals surface area contributed by atoms with Crippen molar-refractivity contribution >= 4 is 27.6 Å². The number of aromatic nitrogens is 1.